The van der Waals surface area contributed by atoms with Gasteiger partial charge in [-0.15, -0.1) is 0 Å². The Balaban J connectivity index is 1.41. The number of benzene rings is 2. The van der Waals surface area contributed by atoms with Gasteiger partial charge in [-0.05, 0) is 55.0 Å². The second-order valence-corrected chi connectivity index (χ2v) is 10.0. The fourth-order valence-electron chi connectivity index (χ4n) is 4.07. The van der Waals surface area contributed by atoms with E-state index in [2.05, 4.69) is 26.1 Å². The minimum atomic E-state index is -0.770. The van der Waals surface area contributed by atoms with E-state index < -0.39 is 17.5 Å². The van der Waals surface area contributed by atoms with Crippen LogP contribution < -0.4 is 20.4 Å². The Morgan fingerprint density at radius 1 is 1.11 bits per heavy atom. The predicted octanol–water partition coefficient (Wildman–Crippen LogP) is 4.29. The Morgan fingerprint density at radius 3 is 2.64 bits per heavy atom. The number of nitrogens with one attached hydrogen (secondary N) is 1. The first kappa shape index (κ1) is 25.4. The van der Waals surface area contributed by atoms with Crippen LogP contribution in [-0.2, 0) is 14.9 Å². The molecule has 0 saturated carbocycles. The number of fused-ring (bicyclic) bond motifs is 1. The Hall–Kier alpha value is -3.65. The van der Waals surface area contributed by atoms with E-state index >= 15 is 0 Å². The lowest BCUT2D eigenvalue weighted by Gasteiger charge is -2.23. The fourth-order valence-corrected chi connectivity index (χ4v) is 4.07. The molecule has 1 aliphatic rings. The third-order valence-corrected chi connectivity index (χ3v) is 5.99. The van der Waals surface area contributed by atoms with Crippen LogP contribution in [0.1, 0.15) is 55.1 Å². The first-order chi connectivity index (χ1) is 17.1. The number of amides is 1. The molecule has 0 radical (unpaired) electrons. The highest BCUT2D eigenvalue weighted by atomic mass is 16.6. The van der Waals surface area contributed by atoms with Crippen molar-refractivity contribution in [1.82, 2.24) is 5.32 Å². The summed E-state index contributed by atoms with van der Waals surface area (Å²) in [5, 5.41) is 3.25. The summed E-state index contributed by atoms with van der Waals surface area (Å²) in [7, 11) is 0. The standard InChI is InChI=1S/C28H31NO7/c1-17-7-10-23(22(12-17)28(2,3)4)34-16-25(30)35-19-9-8-18-13-21(27(32)36-24(18)14-19)26(31)29-15-20-6-5-11-33-20/h7-10,12-14,20H,5-6,11,15-16H2,1-4H3,(H,29,31). The second kappa shape index (κ2) is 10.5. The number of hydrogen-bond acceptors (Lipinski definition) is 7. The maximum atomic E-state index is 12.5. The number of carbonyl (C=O) groups is 2. The Bertz CT molecular complexity index is 1330. The molecule has 36 heavy (non-hydrogen) atoms. The normalized spacial score (nSPS) is 15.6. The number of aryl methyl sites for hydroxylation is 1. The summed E-state index contributed by atoms with van der Waals surface area (Å²) in [5.41, 5.74) is 1.30. The molecule has 1 saturated heterocycles. The molecule has 1 amide bonds. The number of rotatable bonds is 7. The molecular formula is C28H31NO7. The first-order valence-electron chi connectivity index (χ1n) is 12.0. The SMILES string of the molecule is Cc1ccc(OCC(=O)Oc2ccc3cc(C(=O)NCC4CCCO4)c(=O)oc3c2)c(C(C)(C)C)c1. The summed E-state index contributed by atoms with van der Waals surface area (Å²) in [5.74, 6) is -0.281. The van der Waals surface area contributed by atoms with Crippen molar-refractivity contribution in [3.63, 3.8) is 0 Å². The molecule has 190 valence electrons. The molecule has 0 aliphatic carbocycles. The van der Waals surface area contributed by atoms with Crippen LogP contribution in [0.15, 0.2) is 51.7 Å². The van der Waals surface area contributed by atoms with E-state index in [4.69, 9.17) is 18.6 Å². The van der Waals surface area contributed by atoms with Crippen LogP contribution >= 0.6 is 0 Å². The van der Waals surface area contributed by atoms with Crippen LogP contribution in [0.5, 0.6) is 11.5 Å². The van der Waals surface area contributed by atoms with Crippen LogP contribution in [-0.4, -0.2) is 37.7 Å². The van der Waals surface area contributed by atoms with E-state index in [-0.39, 0.29) is 35.0 Å². The number of hydrogen-bond donors (Lipinski definition) is 1. The van der Waals surface area contributed by atoms with E-state index in [0.29, 0.717) is 24.3 Å². The Kier molecular flexibility index (Phi) is 7.45. The molecule has 2 aromatic carbocycles. The lowest BCUT2D eigenvalue weighted by atomic mass is 9.85. The van der Waals surface area contributed by atoms with Crippen molar-refractivity contribution in [2.24, 2.45) is 0 Å². The van der Waals surface area contributed by atoms with Gasteiger partial charge in [0, 0.05) is 24.6 Å². The van der Waals surface area contributed by atoms with Crippen molar-refractivity contribution in [2.75, 3.05) is 19.8 Å². The molecule has 8 nitrogen and oxygen atoms in total. The maximum absolute atomic E-state index is 12.5. The van der Waals surface area contributed by atoms with Gasteiger partial charge in [-0.1, -0.05) is 38.5 Å². The summed E-state index contributed by atoms with van der Waals surface area (Å²) >= 11 is 0. The number of ether oxygens (including phenoxy) is 3. The second-order valence-electron chi connectivity index (χ2n) is 10.0. The van der Waals surface area contributed by atoms with Gasteiger partial charge in [-0.25, -0.2) is 9.59 Å². The smallest absolute Gasteiger partial charge is 0.349 e. The van der Waals surface area contributed by atoms with Gasteiger partial charge in [0.2, 0.25) is 0 Å². The van der Waals surface area contributed by atoms with E-state index in [1.54, 1.807) is 12.1 Å². The maximum Gasteiger partial charge on any atom is 0.349 e. The third kappa shape index (κ3) is 6.12. The first-order valence-corrected chi connectivity index (χ1v) is 12.0. The summed E-state index contributed by atoms with van der Waals surface area (Å²) in [6, 6.07) is 11.9. The van der Waals surface area contributed by atoms with Gasteiger partial charge in [-0.3, -0.25) is 4.79 Å². The zero-order valence-electron chi connectivity index (χ0n) is 21.0. The Labute approximate surface area is 209 Å². The van der Waals surface area contributed by atoms with E-state index in [1.807, 2.05) is 25.1 Å². The van der Waals surface area contributed by atoms with E-state index in [1.165, 1.54) is 12.1 Å². The monoisotopic (exact) mass is 493 g/mol. The fraction of sp³-hybridized carbons (Fsp3) is 0.393. The van der Waals surface area contributed by atoms with Crippen molar-refractivity contribution in [3.05, 3.63) is 69.6 Å². The van der Waals surface area contributed by atoms with Crippen molar-refractivity contribution in [2.45, 2.75) is 52.1 Å². The van der Waals surface area contributed by atoms with Crippen molar-refractivity contribution in [3.8, 4) is 11.5 Å². The molecule has 2 heterocycles. The zero-order chi connectivity index (χ0) is 25.9. The van der Waals surface area contributed by atoms with Gasteiger partial charge in [0.05, 0.1) is 6.10 Å². The van der Waals surface area contributed by atoms with Crippen molar-refractivity contribution < 1.29 is 28.2 Å². The van der Waals surface area contributed by atoms with Gasteiger partial charge in [0.1, 0.15) is 22.6 Å². The highest BCUT2D eigenvalue weighted by Crippen LogP contribution is 2.32. The number of esters is 1. The summed E-state index contributed by atoms with van der Waals surface area (Å²) in [4.78, 5) is 37.3. The molecule has 1 unspecified atom stereocenters. The van der Waals surface area contributed by atoms with Crippen LogP contribution in [0, 0.1) is 6.92 Å². The molecule has 3 aromatic rings. The topological polar surface area (TPSA) is 104 Å². The Morgan fingerprint density at radius 2 is 1.92 bits per heavy atom. The molecule has 1 aromatic heterocycles. The molecule has 0 bridgehead atoms. The molecule has 1 fully saturated rings. The van der Waals surface area contributed by atoms with Crippen molar-refractivity contribution in [1.29, 1.82) is 0 Å². The molecular weight excluding hydrogens is 462 g/mol. The number of carbonyl (C=O) groups excluding carboxylic acids is 2. The molecule has 1 atom stereocenters. The summed E-state index contributed by atoms with van der Waals surface area (Å²) < 4.78 is 22.0. The lowest BCUT2D eigenvalue weighted by Crippen LogP contribution is -2.34. The summed E-state index contributed by atoms with van der Waals surface area (Å²) in [6.45, 7) is 8.98. The average Bonchev–Trinajstić information content (AvgIpc) is 3.34. The molecule has 0 spiro atoms. The molecule has 1 aliphatic heterocycles. The van der Waals surface area contributed by atoms with Gasteiger partial charge < -0.3 is 23.9 Å². The largest absolute Gasteiger partial charge is 0.482 e. The van der Waals surface area contributed by atoms with Gasteiger partial charge >= 0.3 is 11.6 Å². The van der Waals surface area contributed by atoms with Gasteiger partial charge in [0.15, 0.2) is 6.61 Å². The van der Waals surface area contributed by atoms with Crippen LogP contribution in [0.2, 0.25) is 0 Å². The van der Waals surface area contributed by atoms with Crippen molar-refractivity contribution >= 4 is 22.8 Å². The minimum absolute atomic E-state index is 0.0336. The summed E-state index contributed by atoms with van der Waals surface area (Å²) in [6.07, 6.45) is 1.80. The van der Waals surface area contributed by atoms with Crippen LogP contribution in [0.4, 0.5) is 0 Å². The minimum Gasteiger partial charge on any atom is -0.482 e. The molecule has 4 rings (SSSR count). The van der Waals surface area contributed by atoms with Gasteiger partial charge in [-0.2, -0.15) is 0 Å². The molecule has 8 heteroatoms. The quantitative estimate of drug-likeness (QED) is 0.297. The zero-order valence-corrected chi connectivity index (χ0v) is 21.0. The van der Waals surface area contributed by atoms with Crippen LogP contribution in [0.25, 0.3) is 11.0 Å². The lowest BCUT2D eigenvalue weighted by molar-refractivity contribution is -0.136. The predicted molar refractivity (Wildman–Crippen MR) is 135 cm³/mol. The van der Waals surface area contributed by atoms with Crippen LogP contribution in [0.3, 0.4) is 0 Å². The third-order valence-electron chi connectivity index (χ3n) is 5.99. The highest BCUT2D eigenvalue weighted by Gasteiger charge is 2.21. The average molecular weight is 494 g/mol. The molecule has 1 N–H and O–H groups in total. The highest BCUT2D eigenvalue weighted by molar-refractivity contribution is 5.96. The van der Waals surface area contributed by atoms with Gasteiger partial charge in [0.25, 0.3) is 5.91 Å². The van der Waals surface area contributed by atoms with E-state index in [0.717, 1.165) is 24.0 Å². The van der Waals surface area contributed by atoms with E-state index in [9.17, 15) is 14.4 Å².